The molecule has 0 unspecified atom stereocenters. The molecule has 0 spiro atoms. The van der Waals surface area contributed by atoms with Gasteiger partial charge in [0.1, 0.15) is 30.1 Å². The van der Waals surface area contributed by atoms with Crippen molar-refractivity contribution in [3.8, 4) is 0 Å². The summed E-state index contributed by atoms with van der Waals surface area (Å²) in [5.74, 6) is 0. The summed E-state index contributed by atoms with van der Waals surface area (Å²) < 4.78 is 74.4. The van der Waals surface area contributed by atoms with E-state index >= 15 is 0 Å². The van der Waals surface area contributed by atoms with Gasteiger partial charge in [-0.1, -0.05) is 53.1 Å². The Hall–Kier alpha value is 1.14. The monoisotopic (exact) mass is 735 g/mol. The third-order valence-corrected chi connectivity index (χ3v) is 9.01. The molecule has 0 aliphatic heterocycles. The number of benzene rings is 3. The van der Waals surface area contributed by atoms with Crippen molar-refractivity contribution in [2.75, 3.05) is 0 Å². The Morgan fingerprint density at radius 3 is 0.667 bits per heavy atom. The Morgan fingerprint density at radius 2 is 0.548 bits per heavy atom. The first-order chi connectivity index (χ1) is 16.7. The fourth-order valence-corrected chi connectivity index (χ4v) is 4.65. The second-order valence-electron chi connectivity index (χ2n) is 7.07. The van der Waals surface area contributed by atoms with Crippen LogP contribution in [0.25, 0.3) is 12.7 Å². The van der Waals surface area contributed by atoms with E-state index < -0.39 is 30.1 Å². The zero-order valence-electron chi connectivity index (χ0n) is 23.6. The molecule has 0 aliphatic rings. The molecule has 0 heterocycles. The van der Waals surface area contributed by atoms with Gasteiger partial charge in [0.05, 0.1) is 0 Å². The molecule has 0 saturated heterocycles. The Kier molecular flexibility index (Phi) is 34.7. The second-order valence-corrected chi connectivity index (χ2v) is 13.0. The van der Waals surface area contributed by atoms with E-state index in [4.69, 9.17) is 35.3 Å². The maximum Gasteiger partial charge on any atom is 1.00 e. The Balaban J connectivity index is -0.000000108. The molecule has 3 rings (SSSR count). The Bertz CT molecular complexity index is 1270. The molecule has 6 N–H and O–H groups in total. The number of nitrogens with zero attached hydrogens (tertiary/aromatic N) is 3. The van der Waals surface area contributed by atoms with Gasteiger partial charge < -0.3 is 29.2 Å². The molecule has 3 aromatic rings. The van der Waals surface area contributed by atoms with E-state index in [1.807, 2.05) is 20.8 Å². The average molecular weight is 737 g/mol. The molecule has 222 valence electrons. The summed E-state index contributed by atoms with van der Waals surface area (Å²) in [6.07, 6.45) is 0. The van der Waals surface area contributed by atoms with Crippen LogP contribution in [0.4, 0.5) is 0 Å². The van der Waals surface area contributed by atoms with E-state index in [1.165, 1.54) is 36.4 Å². The average Bonchev–Trinajstić information content (AvgIpc) is 2.85. The smallest absolute Gasteiger partial charge is 0.458 e. The van der Waals surface area contributed by atoms with Gasteiger partial charge in [0, 0.05) is 14.7 Å². The van der Waals surface area contributed by atoms with Gasteiger partial charge in [-0.05, 0) is 57.2 Å². The van der Waals surface area contributed by atoms with Gasteiger partial charge in [-0.15, -0.1) is 0 Å². The molecule has 21 heteroatoms. The molecule has 12 nitrogen and oxygen atoms in total. The maximum absolute atomic E-state index is 11.0. The number of aryl methyl sites for hydroxylation is 3. The van der Waals surface area contributed by atoms with Crippen LogP contribution in [0.2, 0.25) is 0 Å². The quantitative estimate of drug-likeness (QED) is 0.225. The fourth-order valence-electron chi connectivity index (χ4n) is 2.25. The summed E-state index contributed by atoms with van der Waals surface area (Å²) in [6, 6.07) is 18.9. The van der Waals surface area contributed by atoms with E-state index in [1.54, 1.807) is 36.4 Å². The molecule has 0 aliphatic carbocycles. The third kappa shape index (κ3) is 19.6. The van der Waals surface area contributed by atoms with Gasteiger partial charge in [0.2, 0.25) is 0 Å². The largest absolute Gasteiger partial charge is 1.00 e. The van der Waals surface area contributed by atoms with Gasteiger partial charge in [0.25, 0.3) is 0 Å². The SMILES string of the molecule is Cc1ccc(S(=O)(=O)[N-]Cl)cc1.Cc1ccc(S(=O)(=O)[N-]Cl)cc1.Cc1ccc(S(=O)(=O)[N-]Cl)cc1.O.O.O.[Na+].[Na+].[Na+]. The van der Waals surface area contributed by atoms with Crippen LogP contribution in [-0.4, -0.2) is 41.7 Å². The standard InChI is InChI=1S/3C7H7ClNO2S.3Na.3H2O/c3*1-6-2-4-7(5-3-6)12(10,11)9-8;;;;;;/h3*2-5H,1H3;;;;3*1H2/q3*-1;3*+1;;;. The van der Waals surface area contributed by atoms with E-state index in [2.05, 4.69) is 12.7 Å². The van der Waals surface area contributed by atoms with Crippen LogP contribution in [0.1, 0.15) is 16.7 Å². The van der Waals surface area contributed by atoms with Crippen molar-refractivity contribution >= 4 is 65.4 Å². The van der Waals surface area contributed by atoms with Crippen LogP contribution in [0.5, 0.6) is 0 Å². The zero-order valence-corrected chi connectivity index (χ0v) is 34.3. The van der Waals surface area contributed by atoms with Crippen LogP contribution in [0.3, 0.4) is 0 Å². The summed E-state index contributed by atoms with van der Waals surface area (Å²) >= 11 is 14.7. The first-order valence-corrected chi connectivity index (χ1v) is 15.0. The van der Waals surface area contributed by atoms with Gasteiger partial charge in [0.15, 0.2) is 0 Å². The minimum Gasteiger partial charge on any atom is -0.458 e. The van der Waals surface area contributed by atoms with Crippen molar-refractivity contribution in [1.29, 1.82) is 0 Å². The number of rotatable bonds is 6. The minimum atomic E-state index is -3.62. The van der Waals surface area contributed by atoms with Crippen LogP contribution in [0, 0.1) is 20.8 Å². The molecule has 0 saturated carbocycles. The van der Waals surface area contributed by atoms with E-state index in [-0.39, 0.29) is 120 Å². The summed E-state index contributed by atoms with van der Waals surface area (Å²) in [4.78, 5) is 0.342. The molecule has 0 radical (unpaired) electrons. The van der Waals surface area contributed by atoms with E-state index in [0.29, 0.717) is 0 Å². The Morgan fingerprint density at radius 1 is 0.405 bits per heavy atom. The molecule has 0 atom stereocenters. The molecule has 0 amide bonds. The molecule has 3 aromatic carbocycles. The van der Waals surface area contributed by atoms with Crippen molar-refractivity contribution in [2.45, 2.75) is 35.5 Å². The van der Waals surface area contributed by atoms with Crippen LogP contribution in [0.15, 0.2) is 87.5 Å². The van der Waals surface area contributed by atoms with Crippen LogP contribution < -0.4 is 88.7 Å². The maximum atomic E-state index is 11.0. The summed E-state index contributed by atoms with van der Waals surface area (Å²) in [5, 5.41) is 0. The topological polar surface area (TPSA) is 239 Å². The van der Waals surface area contributed by atoms with Crippen molar-refractivity contribution < 1.29 is 130 Å². The van der Waals surface area contributed by atoms with Crippen molar-refractivity contribution in [3.05, 3.63) is 102 Å². The molecule has 0 bridgehead atoms. The molecule has 0 aromatic heterocycles. The van der Waals surface area contributed by atoms with Gasteiger partial charge >= 0.3 is 88.7 Å². The van der Waals surface area contributed by atoms with Gasteiger partial charge in [-0.3, -0.25) is 35.3 Å². The van der Waals surface area contributed by atoms with E-state index in [9.17, 15) is 25.3 Å². The second kappa shape index (κ2) is 26.2. The van der Waals surface area contributed by atoms with Crippen molar-refractivity contribution in [3.63, 3.8) is 0 Å². The van der Waals surface area contributed by atoms with Crippen molar-refractivity contribution in [2.24, 2.45) is 0 Å². The van der Waals surface area contributed by atoms with E-state index in [0.717, 1.165) is 16.7 Å². The fraction of sp³-hybridized carbons (Fsp3) is 0.143. The van der Waals surface area contributed by atoms with Crippen LogP contribution in [-0.2, 0) is 30.1 Å². The zero-order chi connectivity index (χ0) is 27.6. The number of hydrogen-bond acceptors (Lipinski definition) is 6. The summed E-state index contributed by atoms with van der Waals surface area (Å²) in [6.45, 7) is 5.61. The molecular weight excluding hydrogens is 710 g/mol. The van der Waals surface area contributed by atoms with Crippen molar-refractivity contribution in [1.82, 2.24) is 0 Å². The summed E-state index contributed by atoms with van der Waals surface area (Å²) in [7, 11) is -10.9. The predicted molar refractivity (Wildman–Crippen MR) is 154 cm³/mol. The number of halogens is 3. The minimum absolute atomic E-state index is 0. The predicted octanol–water partition coefficient (Wildman–Crippen LogP) is -4.83. The number of hydrogen-bond donors (Lipinski definition) is 0. The van der Waals surface area contributed by atoms with Gasteiger partial charge in [-0.25, -0.2) is 25.3 Å². The molecule has 42 heavy (non-hydrogen) atoms. The first kappa shape index (κ1) is 55.5. The summed E-state index contributed by atoms with van der Waals surface area (Å²) in [5.41, 5.74) is 2.97. The van der Waals surface area contributed by atoms with Crippen LogP contribution >= 0.6 is 35.3 Å². The third-order valence-electron chi connectivity index (χ3n) is 4.23. The normalized spacial score (nSPS) is 9.86. The first-order valence-electron chi connectivity index (χ1n) is 9.63. The Labute approximate surface area is 329 Å². The van der Waals surface area contributed by atoms with Gasteiger partial charge in [-0.2, -0.15) is 0 Å². The number of sulfonamides is 3. The molecular formula is C21H27Cl3N3Na3O9S3. The molecule has 0 fully saturated rings.